The fraction of sp³-hybridized carbons (Fsp3) is 0.143. The Morgan fingerprint density at radius 2 is 2.05 bits per heavy atom. The second-order valence-electron chi connectivity index (χ2n) is 3.81. The summed E-state index contributed by atoms with van der Waals surface area (Å²) in [5.41, 5.74) is -0.149. The number of rotatable bonds is 4. The number of para-hydroxylation sites is 1. The first-order valence-corrected chi connectivity index (χ1v) is 6.48. The molecule has 0 N–H and O–H groups in total. The maximum atomic E-state index is 11.8. The Hall–Kier alpha value is -2.06. The predicted octanol–water partition coefficient (Wildman–Crippen LogP) is 2.56. The Morgan fingerprint density at radius 3 is 2.79 bits per heavy atom. The van der Waals surface area contributed by atoms with Gasteiger partial charge in [0.05, 0.1) is 11.0 Å². The van der Waals surface area contributed by atoms with E-state index >= 15 is 0 Å². The normalized spacial score (nSPS) is 9.89. The molecule has 0 aliphatic rings. The molecule has 0 saturated carbocycles. The number of ether oxygens (including phenoxy) is 1. The van der Waals surface area contributed by atoms with Gasteiger partial charge in [0, 0.05) is 6.20 Å². The van der Waals surface area contributed by atoms with Crippen LogP contribution in [0.4, 0.5) is 0 Å². The fourth-order valence-corrected chi connectivity index (χ4v) is 2.01. The molecule has 1 heterocycles. The molecule has 4 nitrogen and oxygen atoms in total. The monoisotopic (exact) mass is 318 g/mol. The summed E-state index contributed by atoms with van der Waals surface area (Å²) < 4.78 is 7.92. The van der Waals surface area contributed by atoms with Crippen LogP contribution in [0.1, 0.15) is 5.56 Å². The molecule has 1 aromatic carbocycles. The van der Waals surface area contributed by atoms with E-state index in [-0.39, 0.29) is 11.1 Å². The van der Waals surface area contributed by atoms with Crippen molar-refractivity contribution in [1.29, 1.82) is 5.26 Å². The highest BCUT2D eigenvalue weighted by molar-refractivity contribution is 9.10. The molecule has 19 heavy (non-hydrogen) atoms. The molecule has 96 valence electrons. The van der Waals surface area contributed by atoms with Gasteiger partial charge in [-0.05, 0) is 40.2 Å². The number of nitrogens with zero attached hydrogens (tertiary/aromatic N) is 2. The van der Waals surface area contributed by atoms with Crippen LogP contribution in [-0.4, -0.2) is 11.2 Å². The van der Waals surface area contributed by atoms with Gasteiger partial charge in [-0.15, -0.1) is 0 Å². The Balaban J connectivity index is 2.03. The van der Waals surface area contributed by atoms with Crippen LogP contribution in [0.5, 0.6) is 5.75 Å². The minimum absolute atomic E-state index is 0.142. The standard InChI is InChI=1S/C14H11BrN2O2/c15-12-5-1-2-6-13(12)19-9-8-17-7-3-4-11(10-16)14(17)18/h1-7H,8-9H2. The van der Waals surface area contributed by atoms with Crippen LogP contribution in [0, 0.1) is 11.3 Å². The smallest absolute Gasteiger partial charge is 0.268 e. The van der Waals surface area contributed by atoms with Crippen molar-refractivity contribution in [1.82, 2.24) is 4.57 Å². The second kappa shape index (κ2) is 6.21. The molecular weight excluding hydrogens is 308 g/mol. The zero-order valence-corrected chi connectivity index (χ0v) is 11.6. The first-order chi connectivity index (χ1) is 9.22. The van der Waals surface area contributed by atoms with Crippen LogP contribution in [0.25, 0.3) is 0 Å². The lowest BCUT2D eigenvalue weighted by Gasteiger charge is -2.09. The highest BCUT2D eigenvalue weighted by Crippen LogP contribution is 2.23. The zero-order valence-electron chi connectivity index (χ0n) is 10.0. The van der Waals surface area contributed by atoms with Crippen molar-refractivity contribution >= 4 is 15.9 Å². The average Bonchev–Trinajstić information content (AvgIpc) is 2.43. The molecule has 2 aromatic rings. The molecule has 1 aromatic heterocycles. The van der Waals surface area contributed by atoms with Gasteiger partial charge in [-0.25, -0.2) is 0 Å². The van der Waals surface area contributed by atoms with Crippen molar-refractivity contribution in [2.45, 2.75) is 6.54 Å². The molecule has 0 saturated heterocycles. The molecule has 0 spiro atoms. The SMILES string of the molecule is N#Cc1cccn(CCOc2ccccc2Br)c1=O. The Kier molecular flexibility index (Phi) is 4.37. The van der Waals surface area contributed by atoms with Crippen LogP contribution in [0.2, 0.25) is 0 Å². The summed E-state index contributed by atoms with van der Waals surface area (Å²) in [6.45, 7) is 0.757. The number of aromatic nitrogens is 1. The third kappa shape index (κ3) is 3.24. The molecule has 0 aliphatic carbocycles. The molecule has 2 rings (SSSR count). The number of pyridine rings is 1. The van der Waals surface area contributed by atoms with Crippen molar-refractivity contribution in [3.63, 3.8) is 0 Å². The number of hydrogen-bond acceptors (Lipinski definition) is 3. The predicted molar refractivity (Wildman–Crippen MR) is 75.1 cm³/mol. The van der Waals surface area contributed by atoms with Crippen LogP contribution < -0.4 is 10.3 Å². The lowest BCUT2D eigenvalue weighted by molar-refractivity contribution is 0.294. The first kappa shape index (κ1) is 13.4. The van der Waals surface area contributed by atoms with Crippen molar-refractivity contribution in [3.8, 4) is 11.8 Å². The van der Waals surface area contributed by atoms with Crippen LogP contribution in [-0.2, 0) is 6.54 Å². The third-order valence-electron chi connectivity index (χ3n) is 2.57. The van der Waals surface area contributed by atoms with Gasteiger partial charge in [-0.1, -0.05) is 12.1 Å². The van der Waals surface area contributed by atoms with E-state index in [1.165, 1.54) is 10.6 Å². The van der Waals surface area contributed by atoms with Crippen LogP contribution >= 0.6 is 15.9 Å². The van der Waals surface area contributed by atoms with E-state index in [0.717, 1.165) is 10.2 Å². The van der Waals surface area contributed by atoms with Gasteiger partial charge in [0.25, 0.3) is 5.56 Å². The summed E-state index contributed by atoms with van der Waals surface area (Å²) in [6, 6.07) is 12.6. The van der Waals surface area contributed by atoms with Gasteiger partial charge >= 0.3 is 0 Å². The average molecular weight is 319 g/mol. The van der Waals surface area contributed by atoms with E-state index < -0.39 is 0 Å². The van der Waals surface area contributed by atoms with Crippen molar-refractivity contribution < 1.29 is 4.74 Å². The van der Waals surface area contributed by atoms with Gasteiger partial charge in [0.2, 0.25) is 0 Å². The first-order valence-electron chi connectivity index (χ1n) is 5.69. The van der Waals surface area contributed by atoms with Crippen LogP contribution in [0.15, 0.2) is 51.9 Å². The van der Waals surface area contributed by atoms with Crippen molar-refractivity contribution in [2.24, 2.45) is 0 Å². The molecule has 0 aliphatic heterocycles. The van der Waals surface area contributed by atoms with Crippen LogP contribution in [0.3, 0.4) is 0 Å². The zero-order chi connectivity index (χ0) is 13.7. The van der Waals surface area contributed by atoms with Crippen molar-refractivity contribution in [2.75, 3.05) is 6.61 Å². The van der Waals surface area contributed by atoms with Gasteiger partial charge in [-0.3, -0.25) is 4.79 Å². The number of nitriles is 1. The van der Waals surface area contributed by atoms with E-state index in [1.54, 1.807) is 12.3 Å². The Labute approximate surface area is 119 Å². The molecule has 0 bridgehead atoms. The van der Waals surface area contributed by atoms with Gasteiger partial charge in [0.15, 0.2) is 0 Å². The third-order valence-corrected chi connectivity index (χ3v) is 3.22. The highest BCUT2D eigenvalue weighted by Gasteiger charge is 2.03. The lowest BCUT2D eigenvalue weighted by atomic mass is 10.3. The topological polar surface area (TPSA) is 55.0 Å². The summed E-state index contributed by atoms with van der Waals surface area (Å²) in [6.07, 6.45) is 1.65. The summed E-state index contributed by atoms with van der Waals surface area (Å²) in [7, 11) is 0. The maximum Gasteiger partial charge on any atom is 0.268 e. The molecule has 5 heteroatoms. The number of halogens is 1. The molecule has 0 unspecified atom stereocenters. The quantitative estimate of drug-likeness (QED) is 0.870. The molecule has 0 radical (unpaired) electrons. The Bertz CT molecular complexity index is 674. The Morgan fingerprint density at radius 1 is 1.26 bits per heavy atom. The second-order valence-corrected chi connectivity index (χ2v) is 4.67. The van der Waals surface area contributed by atoms with E-state index in [1.807, 2.05) is 30.3 Å². The van der Waals surface area contributed by atoms with E-state index in [0.29, 0.717) is 13.2 Å². The van der Waals surface area contributed by atoms with E-state index in [2.05, 4.69) is 15.9 Å². The van der Waals surface area contributed by atoms with Crippen molar-refractivity contribution in [3.05, 3.63) is 63.0 Å². The summed E-state index contributed by atoms with van der Waals surface area (Å²) in [5.74, 6) is 0.729. The minimum Gasteiger partial charge on any atom is -0.491 e. The van der Waals surface area contributed by atoms with Gasteiger partial charge in [0.1, 0.15) is 24.0 Å². The van der Waals surface area contributed by atoms with Gasteiger partial charge < -0.3 is 9.30 Å². The maximum absolute atomic E-state index is 11.8. The number of hydrogen-bond donors (Lipinski definition) is 0. The van der Waals surface area contributed by atoms with Gasteiger partial charge in [-0.2, -0.15) is 5.26 Å². The summed E-state index contributed by atoms with van der Waals surface area (Å²) in [4.78, 5) is 11.8. The molecule has 0 atom stereocenters. The molecule has 0 amide bonds. The summed E-state index contributed by atoms with van der Waals surface area (Å²) >= 11 is 3.38. The summed E-state index contributed by atoms with van der Waals surface area (Å²) in [5, 5.41) is 8.78. The van der Waals surface area contributed by atoms with E-state index in [4.69, 9.17) is 10.00 Å². The number of benzene rings is 1. The molecule has 0 fully saturated rings. The molecular formula is C14H11BrN2O2. The lowest BCUT2D eigenvalue weighted by Crippen LogP contribution is -2.24. The largest absolute Gasteiger partial charge is 0.491 e. The van der Waals surface area contributed by atoms with E-state index in [9.17, 15) is 4.79 Å². The minimum atomic E-state index is -0.291. The fourth-order valence-electron chi connectivity index (χ4n) is 1.61. The highest BCUT2D eigenvalue weighted by atomic mass is 79.9.